The van der Waals surface area contributed by atoms with E-state index in [1.54, 1.807) is 19.1 Å². The Balaban J connectivity index is 2.63. The molecular formula is C19H22N6O3. The van der Waals surface area contributed by atoms with Gasteiger partial charge >= 0.3 is 0 Å². The second kappa shape index (κ2) is 6.84. The Morgan fingerprint density at radius 3 is 2.46 bits per heavy atom. The lowest BCUT2D eigenvalue weighted by Crippen LogP contribution is -2.20. The number of nitrogen functional groups attached to an aromatic ring is 1. The number of nitrogens with one attached hydrogen (secondary N) is 1. The lowest BCUT2D eigenvalue weighted by atomic mass is 9.91. The summed E-state index contributed by atoms with van der Waals surface area (Å²) in [6.07, 6.45) is 0. The molecule has 0 aliphatic carbocycles. The quantitative estimate of drug-likeness (QED) is 0.537. The van der Waals surface area contributed by atoms with Crippen LogP contribution in [0.4, 0.5) is 5.69 Å². The number of aromatic nitrogens is 3. The molecule has 0 bridgehead atoms. The van der Waals surface area contributed by atoms with Crippen LogP contribution in [0.5, 0.6) is 5.75 Å². The van der Waals surface area contributed by atoms with Crippen molar-refractivity contribution in [2.75, 3.05) is 12.8 Å². The minimum Gasteiger partial charge on any atom is -0.508 e. The molecule has 0 aliphatic rings. The van der Waals surface area contributed by atoms with E-state index in [4.69, 9.17) is 11.5 Å². The Hall–Kier alpha value is -3.62. The van der Waals surface area contributed by atoms with Gasteiger partial charge in [-0.15, -0.1) is 0 Å². The first-order chi connectivity index (χ1) is 13.2. The monoisotopic (exact) mass is 382 g/mol. The van der Waals surface area contributed by atoms with E-state index < -0.39 is 11.8 Å². The van der Waals surface area contributed by atoms with Crippen LogP contribution in [-0.2, 0) is 6.54 Å². The molecule has 0 aliphatic heterocycles. The molecule has 1 aromatic carbocycles. The van der Waals surface area contributed by atoms with E-state index in [1.165, 1.54) is 11.7 Å². The van der Waals surface area contributed by atoms with Crippen molar-refractivity contribution in [3.8, 4) is 16.9 Å². The van der Waals surface area contributed by atoms with Gasteiger partial charge in [-0.3, -0.25) is 9.59 Å². The second-order valence-corrected chi connectivity index (χ2v) is 6.46. The van der Waals surface area contributed by atoms with E-state index >= 15 is 0 Å². The number of fused-ring (bicyclic) bond motifs is 1. The number of hydrogen-bond acceptors (Lipinski definition) is 6. The standard InChI is InChI=1S/C19H22N6O3/c1-5-25-18-13(15(24-25)19(28)22-4)12(14(20)16(23-18)17(21)27)11-8(2)6-7-10(26)9(11)3/h6-7,26H,5,20H2,1-4H3,(H2,21,27)(H,22,28). The van der Waals surface area contributed by atoms with Gasteiger partial charge in [0, 0.05) is 19.2 Å². The lowest BCUT2D eigenvalue weighted by molar-refractivity contribution is 0.0957. The molecule has 0 fully saturated rings. The molecule has 3 rings (SSSR count). The third kappa shape index (κ3) is 2.72. The summed E-state index contributed by atoms with van der Waals surface area (Å²) in [6, 6.07) is 3.31. The summed E-state index contributed by atoms with van der Waals surface area (Å²) in [4.78, 5) is 28.8. The molecule has 9 heteroatoms. The number of amides is 2. The van der Waals surface area contributed by atoms with Gasteiger partial charge < -0.3 is 21.9 Å². The fourth-order valence-electron chi connectivity index (χ4n) is 3.38. The van der Waals surface area contributed by atoms with Crippen molar-refractivity contribution in [3.63, 3.8) is 0 Å². The van der Waals surface area contributed by atoms with Crippen molar-refractivity contribution in [1.29, 1.82) is 0 Å². The Morgan fingerprint density at radius 2 is 1.89 bits per heavy atom. The number of aryl methyl sites for hydroxylation is 2. The smallest absolute Gasteiger partial charge is 0.272 e. The third-order valence-electron chi connectivity index (χ3n) is 4.79. The summed E-state index contributed by atoms with van der Waals surface area (Å²) in [7, 11) is 1.50. The number of nitrogens with two attached hydrogens (primary N) is 2. The van der Waals surface area contributed by atoms with Gasteiger partial charge in [-0.1, -0.05) is 6.07 Å². The van der Waals surface area contributed by atoms with Crippen molar-refractivity contribution in [3.05, 3.63) is 34.6 Å². The molecule has 2 amide bonds. The predicted octanol–water partition coefficient (Wildman–Crippen LogP) is 1.48. The zero-order valence-electron chi connectivity index (χ0n) is 16.1. The van der Waals surface area contributed by atoms with Crippen molar-refractivity contribution in [1.82, 2.24) is 20.1 Å². The Bertz CT molecular complexity index is 1130. The van der Waals surface area contributed by atoms with Crippen molar-refractivity contribution in [2.45, 2.75) is 27.3 Å². The summed E-state index contributed by atoms with van der Waals surface area (Å²) in [5, 5.41) is 17.6. The molecule has 0 radical (unpaired) electrons. The van der Waals surface area contributed by atoms with Crippen LogP contribution in [0.3, 0.4) is 0 Å². The number of benzene rings is 1. The molecule has 0 saturated heterocycles. The highest BCUT2D eigenvalue weighted by Crippen LogP contribution is 2.42. The number of anilines is 1. The molecule has 9 nitrogen and oxygen atoms in total. The molecule has 0 atom stereocenters. The van der Waals surface area contributed by atoms with Crippen LogP contribution in [0, 0.1) is 13.8 Å². The molecule has 2 aromatic heterocycles. The Morgan fingerprint density at radius 1 is 1.21 bits per heavy atom. The third-order valence-corrected chi connectivity index (χ3v) is 4.79. The summed E-state index contributed by atoms with van der Waals surface area (Å²) >= 11 is 0. The number of pyridine rings is 1. The van der Waals surface area contributed by atoms with Gasteiger partial charge in [-0.05, 0) is 43.5 Å². The SMILES string of the molecule is CCn1nc(C(=O)NC)c2c(-c3c(C)ccc(O)c3C)c(N)c(C(N)=O)nc21. The van der Waals surface area contributed by atoms with Gasteiger partial charge in [-0.25, -0.2) is 9.67 Å². The minimum absolute atomic E-state index is 0.0395. The van der Waals surface area contributed by atoms with Crippen LogP contribution < -0.4 is 16.8 Å². The summed E-state index contributed by atoms with van der Waals surface area (Å²) < 4.78 is 1.52. The van der Waals surface area contributed by atoms with Crippen LogP contribution >= 0.6 is 0 Å². The van der Waals surface area contributed by atoms with Gasteiger partial charge in [0.1, 0.15) is 5.75 Å². The maximum Gasteiger partial charge on any atom is 0.272 e. The minimum atomic E-state index is -0.790. The molecule has 6 N–H and O–H groups in total. The Kier molecular flexibility index (Phi) is 4.68. The van der Waals surface area contributed by atoms with Crippen molar-refractivity contribution >= 4 is 28.5 Å². The number of phenolic OH excluding ortho intramolecular Hbond substituents is 1. The molecular weight excluding hydrogens is 360 g/mol. The van der Waals surface area contributed by atoms with Crippen LogP contribution in [0.15, 0.2) is 12.1 Å². The second-order valence-electron chi connectivity index (χ2n) is 6.46. The summed E-state index contributed by atoms with van der Waals surface area (Å²) in [5.74, 6) is -1.14. The zero-order valence-corrected chi connectivity index (χ0v) is 16.1. The van der Waals surface area contributed by atoms with E-state index in [-0.39, 0.29) is 22.8 Å². The number of carbonyl (C=O) groups excluding carboxylic acids is 2. The lowest BCUT2D eigenvalue weighted by Gasteiger charge is -2.17. The average Bonchev–Trinajstić information content (AvgIpc) is 3.03. The number of carbonyl (C=O) groups is 2. The number of aromatic hydroxyl groups is 1. The zero-order chi connectivity index (χ0) is 20.7. The first-order valence-electron chi connectivity index (χ1n) is 8.74. The molecule has 0 saturated carbocycles. The fourth-order valence-corrected chi connectivity index (χ4v) is 3.38. The molecule has 0 unspecified atom stereocenters. The number of hydrogen-bond donors (Lipinski definition) is 4. The van der Waals surface area contributed by atoms with Crippen LogP contribution in [0.1, 0.15) is 39.0 Å². The molecule has 28 heavy (non-hydrogen) atoms. The topological polar surface area (TPSA) is 149 Å². The van der Waals surface area contributed by atoms with Crippen LogP contribution in [-0.4, -0.2) is 38.7 Å². The van der Waals surface area contributed by atoms with Gasteiger partial charge in [0.25, 0.3) is 11.8 Å². The molecule has 2 heterocycles. The largest absolute Gasteiger partial charge is 0.508 e. The number of rotatable bonds is 4. The van der Waals surface area contributed by atoms with E-state index in [1.807, 2.05) is 13.8 Å². The van der Waals surface area contributed by atoms with Crippen LogP contribution in [0.25, 0.3) is 22.2 Å². The first-order valence-corrected chi connectivity index (χ1v) is 8.74. The molecule has 0 spiro atoms. The van der Waals surface area contributed by atoms with Gasteiger partial charge in [0.2, 0.25) is 0 Å². The average molecular weight is 382 g/mol. The van der Waals surface area contributed by atoms with Gasteiger partial charge in [0.15, 0.2) is 17.0 Å². The van der Waals surface area contributed by atoms with E-state index in [0.29, 0.717) is 34.3 Å². The normalized spacial score (nSPS) is 11.0. The van der Waals surface area contributed by atoms with Gasteiger partial charge in [-0.2, -0.15) is 5.10 Å². The molecule has 3 aromatic rings. The number of phenols is 1. The molecule has 146 valence electrons. The maximum absolute atomic E-state index is 12.5. The maximum atomic E-state index is 12.5. The van der Waals surface area contributed by atoms with Crippen molar-refractivity contribution in [2.24, 2.45) is 5.73 Å². The van der Waals surface area contributed by atoms with E-state index in [9.17, 15) is 14.7 Å². The fraction of sp³-hybridized carbons (Fsp3) is 0.263. The van der Waals surface area contributed by atoms with E-state index in [0.717, 1.165) is 5.56 Å². The number of nitrogens with zero attached hydrogens (tertiary/aromatic N) is 3. The summed E-state index contributed by atoms with van der Waals surface area (Å²) in [6.45, 7) is 5.84. The Labute approximate surface area is 161 Å². The van der Waals surface area contributed by atoms with Crippen molar-refractivity contribution < 1.29 is 14.7 Å². The summed E-state index contributed by atoms with van der Waals surface area (Å²) in [5.41, 5.74) is 14.6. The highest BCUT2D eigenvalue weighted by Gasteiger charge is 2.28. The number of primary amides is 1. The predicted molar refractivity (Wildman–Crippen MR) is 106 cm³/mol. The highest BCUT2D eigenvalue weighted by atomic mass is 16.3. The van der Waals surface area contributed by atoms with Crippen LogP contribution in [0.2, 0.25) is 0 Å². The first kappa shape index (κ1) is 19.2. The van der Waals surface area contributed by atoms with Gasteiger partial charge in [0.05, 0.1) is 11.1 Å². The van der Waals surface area contributed by atoms with E-state index in [2.05, 4.69) is 15.4 Å². The highest BCUT2D eigenvalue weighted by molar-refractivity contribution is 6.15.